The van der Waals surface area contributed by atoms with Crippen LogP contribution in [-0.4, -0.2) is 20.7 Å². The number of aromatic nitrogens is 3. The normalized spacial score (nSPS) is 10.3. The van der Waals surface area contributed by atoms with Gasteiger partial charge in [-0.15, -0.1) is 5.10 Å². The minimum atomic E-state index is -0.143. The number of nitrogens with two attached hydrogens (primary N) is 1. The van der Waals surface area contributed by atoms with Crippen molar-refractivity contribution in [2.24, 2.45) is 0 Å². The number of halogens is 1. The number of amides is 1. The summed E-state index contributed by atoms with van der Waals surface area (Å²) in [6.45, 7) is 0.569. The number of nitrogens with zero attached hydrogens (tertiary/aromatic N) is 3. The number of hydrogen-bond acceptors (Lipinski definition) is 4. The SMILES string of the molecule is Nc1ncn(CC(=O)NCc2ccccc2Br)n1. The maximum atomic E-state index is 11.7. The molecule has 0 aliphatic carbocycles. The Hall–Kier alpha value is -1.89. The molecular formula is C11H12BrN5O. The lowest BCUT2D eigenvalue weighted by molar-refractivity contribution is -0.122. The van der Waals surface area contributed by atoms with Gasteiger partial charge in [-0.05, 0) is 11.6 Å². The van der Waals surface area contributed by atoms with Gasteiger partial charge in [-0.2, -0.15) is 0 Å². The summed E-state index contributed by atoms with van der Waals surface area (Å²) >= 11 is 3.42. The van der Waals surface area contributed by atoms with Crippen molar-refractivity contribution < 1.29 is 4.79 Å². The van der Waals surface area contributed by atoms with Gasteiger partial charge in [0.05, 0.1) is 0 Å². The van der Waals surface area contributed by atoms with Crippen molar-refractivity contribution in [2.75, 3.05) is 5.73 Å². The summed E-state index contributed by atoms with van der Waals surface area (Å²) in [5.74, 6) is 0.0178. The third-order valence-electron chi connectivity index (χ3n) is 2.29. The van der Waals surface area contributed by atoms with Crippen LogP contribution in [0.25, 0.3) is 0 Å². The topological polar surface area (TPSA) is 85.8 Å². The van der Waals surface area contributed by atoms with Crippen LogP contribution in [0.2, 0.25) is 0 Å². The molecule has 3 N–H and O–H groups in total. The van der Waals surface area contributed by atoms with Gasteiger partial charge in [0.15, 0.2) is 0 Å². The minimum Gasteiger partial charge on any atom is -0.367 e. The van der Waals surface area contributed by atoms with E-state index < -0.39 is 0 Å². The first-order valence-electron chi connectivity index (χ1n) is 5.30. The highest BCUT2D eigenvalue weighted by Crippen LogP contribution is 2.15. The fourth-order valence-electron chi connectivity index (χ4n) is 1.42. The molecule has 0 radical (unpaired) electrons. The molecule has 0 atom stereocenters. The Kier molecular flexibility index (Phi) is 3.93. The van der Waals surface area contributed by atoms with Crippen LogP contribution in [0.4, 0.5) is 5.95 Å². The molecule has 6 nitrogen and oxygen atoms in total. The zero-order chi connectivity index (χ0) is 13.0. The van der Waals surface area contributed by atoms with E-state index in [0.717, 1.165) is 10.0 Å². The lowest BCUT2D eigenvalue weighted by Gasteiger charge is -2.06. The first-order valence-corrected chi connectivity index (χ1v) is 6.09. The molecule has 1 aromatic carbocycles. The number of nitrogen functional groups attached to an aromatic ring is 1. The van der Waals surface area contributed by atoms with Crippen LogP contribution in [0, 0.1) is 0 Å². The van der Waals surface area contributed by atoms with Crippen LogP contribution in [-0.2, 0) is 17.9 Å². The molecule has 1 heterocycles. The lowest BCUT2D eigenvalue weighted by atomic mass is 10.2. The van der Waals surface area contributed by atoms with Crippen LogP contribution < -0.4 is 11.1 Å². The van der Waals surface area contributed by atoms with Crippen molar-refractivity contribution in [3.8, 4) is 0 Å². The maximum absolute atomic E-state index is 11.7. The van der Waals surface area contributed by atoms with Gasteiger partial charge >= 0.3 is 0 Å². The molecule has 2 aromatic rings. The summed E-state index contributed by atoms with van der Waals surface area (Å²) in [6, 6.07) is 7.72. The highest BCUT2D eigenvalue weighted by molar-refractivity contribution is 9.10. The number of carbonyl (C=O) groups is 1. The Morgan fingerprint density at radius 2 is 2.22 bits per heavy atom. The first-order chi connectivity index (χ1) is 8.65. The molecule has 0 saturated heterocycles. The van der Waals surface area contributed by atoms with Crippen molar-refractivity contribution >= 4 is 27.8 Å². The van der Waals surface area contributed by atoms with E-state index in [2.05, 4.69) is 31.3 Å². The second-order valence-electron chi connectivity index (χ2n) is 3.67. The Morgan fingerprint density at radius 3 is 2.89 bits per heavy atom. The maximum Gasteiger partial charge on any atom is 0.242 e. The number of rotatable bonds is 4. The van der Waals surface area contributed by atoms with Crippen molar-refractivity contribution in [1.29, 1.82) is 0 Å². The monoisotopic (exact) mass is 309 g/mol. The molecule has 94 valence electrons. The number of nitrogens with one attached hydrogen (secondary N) is 1. The van der Waals surface area contributed by atoms with Gasteiger partial charge in [-0.25, -0.2) is 9.67 Å². The predicted molar refractivity (Wildman–Crippen MR) is 70.4 cm³/mol. The molecule has 0 aliphatic heterocycles. The van der Waals surface area contributed by atoms with Gasteiger partial charge in [0.2, 0.25) is 11.9 Å². The van der Waals surface area contributed by atoms with E-state index in [4.69, 9.17) is 5.73 Å². The Labute approximate surface area is 112 Å². The molecule has 1 amide bonds. The van der Waals surface area contributed by atoms with E-state index in [9.17, 15) is 4.79 Å². The minimum absolute atomic E-state index is 0.106. The van der Waals surface area contributed by atoms with Gasteiger partial charge in [0.1, 0.15) is 12.9 Å². The summed E-state index contributed by atoms with van der Waals surface area (Å²) in [7, 11) is 0. The lowest BCUT2D eigenvalue weighted by Crippen LogP contribution is -2.27. The number of hydrogen-bond donors (Lipinski definition) is 2. The molecule has 18 heavy (non-hydrogen) atoms. The molecule has 0 unspecified atom stereocenters. The van der Waals surface area contributed by atoms with Crippen molar-refractivity contribution in [1.82, 2.24) is 20.1 Å². The molecular weight excluding hydrogens is 298 g/mol. The van der Waals surface area contributed by atoms with Crippen LogP contribution in [0.1, 0.15) is 5.56 Å². The van der Waals surface area contributed by atoms with Crippen LogP contribution in [0.15, 0.2) is 35.1 Å². The van der Waals surface area contributed by atoms with Gasteiger partial charge in [-0.3, -0.25) is 4.79 Å². The molecule has 0 saturated carbocycles. The molecule has 2 rings (SSSR count). The number of carbonyl (C=O) groups excluding carboxylic acids is 1. The highest BCUT2D eigenvalue weighted by Gasteiger charge is 2.05. The third kappa shape index (κ3) is 3.30. The van der Waals surface area contributed by atoms with Crippen LogP contribution in [0.5, 0.6) is 0 Å². The molecule has 0 fully saturated rings. The van der Waals surface area contributed by atoms with E-state index in [1.54, 1.807) is 0 Å². The second kappa shape index (κ2) is 5.63. The van der Waals surface area contributed by atoms with Gasteiger partial charge in [-0.1, -0.05) is 34.1 Å². The van der Waals surface area contributed by atoms with Gasteiger partial charge < -0.3 is 11.1 Å². The number of benzene rings is 1. The fraction of sp³-hybridized carbons (Fsp3) is 0.182. The quantitative estimate of drug-likeness (QED) is 0.880. The zero-order valence-electron chi connectivity index (χ0n) is 9.51. The summed E-state index contributed by atoms with van der Waals surface area (Å²) in [6.07, 6.45) is 1.42. The molecule has 0 spiro atoms. The fourth-order valence-corrected chi connectivity index (χ4v) is 1.85. The van der Waals surface area contributed by atoms with E-state index >= 15 is 0 Å². The Bertz CT molecular complexity index is 554. The third-order valence-corrected chi connectivity index (χ3v) is 3.07. The van der Waals surface area contributed by atoms with Crippen LogP contribution in [0.3, 0.4) is 0 Å². The van der Waals surface area contributed by atoms with E-state index in [1.165, 1.54) is 11.0 Å². The smallest absolute Gasteiger partial charge is 0.242 e. The Balaban J connectivity index is 1.87. The zero-order valence-corrected chi connectivity index (χ0v) is 11.1. The van der Waals surface area contributed by atoms with E-state index in [-0.39, 0.29) is 18.4 Å². The van der Waals surface area contributed by atoms with Crippen LogP contribution >= 0.6 is 15.9 Å². The Morgan fingerprint density at radius 1 is 1.44 bits per heavy atom. The van der Waals surface area contributed by atoms with E-state index in [0.29, 0.717) is 6.54 Å². The standard InChI is InChI=1S/C11H12BrN5O/c12-9-4-2-1-3-8(9)5-14-10(18)6-17-7-15-11(13)16-17/h1-4,7H,5-6H2,(H2,13,16)(H,14,18). The van der Waals surface area contributed by atoms with Crippen molar-refractivity contribution in [2.45, 2.75) is 13.1 Å². The first kappa shape index (κ1) is 12.6. The predicted octanol–water partition coefficient (Wildman–Crippen LogP) is 0.939. The highest BCUT2D eigenvalue weighted by atomic mass is 79.9. The van der Waals surface area contributed by atoms with E-state index in [1.807, 2.05) is 24.3 Å². The molecule has 0 aliphatic rings. The molecule has 1 aromatic heterocycles. The number of anilines is 1. The molecule has 0 bridgehead atoms. The summed E-state index contributed by atoms with van der Waals surface area (Å²) in [4.78, 5) is 15.4. The average Bonchev–Trinajstić information content (AvgIpc) is 2.74. The van der Waals surface area contributed by atoms with Gasteiger partial charge in [0.25, 0.3) is 0 Å². The summed E-state index contributed by atoms with van der Waals surface area (Å²) in [5, 5.41) is 6.64. The summed E-state index contributed by atoms with van der Waals surface area (Å²) < 4.78 is 2.36. The van der Waals surface area contributed by atoms with Crippen molar-refractivity contribution in [3.05, 3.63) is 40.6 Å². The molecule has 7 heteroatoms. The second-order valence-corrected chi connectivity index (χ2v) is 4.52. The average molecular weight is 310 g/mol. The summed E-state index contributed by atoms with van der Waals surface area (Å²) in [5.41, 5.74) is 6.38. The van der Waals surface area contributed by atoms with Gasteiger partial charge in [0, 0.05) is 11.0 Å². The van der Waals surface area contributed by atoms with Crippen molar-refractivity contribution in [3.63, 3.8) is 0 Å². The largest absolute Gasteiger partial charge is 0.367 e.